The van der Waals surface area contributed by atoms with Crippen molar-refractivity contribution in [3.05, 3.63) is 53.3 Å². The van der Waals surface area contributed by atoms with Crippen molar-refractivity contribution in [2.24, 2.45) is 11.8 Å². The van der Waals surface area contributed by atoms with Crippen LogP contribution in [0.2, 0.25) is 0 Å². The molecule has 0 saturated heterocycles. The Labute approximate surface area is 165 Å². The largest absolute Gasteiger partial charge is 0.493 e. The number of rotatable bonds is 4. The summed E-state index contributed by atoms with van der Waals surface area (Å²) in [6.45, 7) is 1.23. The van der Waals surface area contributed by atoms with Gasteiger partial charge in [0.25, 0.3) is 0 Å². The van der Waals surface area contributed by atoms with Gasteiger partial charge in [-0.1, -0.05) is 12.0 Å². The van der Waals surface area contributed by atoms with Crippen molar-refractivity contribution in [3.63, 3.8) is 0 Å². The van der Waals surface area contributed by atoms with E-state index < -0.39 is 5.97 Å². The molecule has 144 valence electrons. The third-order valence-electron chi connectivity index (χ3n) is 5.91. The molecule has 0 bridgehead atoms. The third-order valence-corrected chi connectivity index (χ3v) is 5.91. The van der Waals surface area contributed by atoms with E-state index in [9.17, 15) is 9.90 Å². The number of hydrogen-bond donors (Lipinski definition) is 2. The fraction of sp³-hybridized carbons (Fsp3) is 0.391. The zero-order chi connectivity index (χ0) is 19.5. The number of aromatic carboxylic acids is 1. The highest BCUT2D eigenvalue weighted by molar-refractivity contribution is 5.93. The average molecular weight is 376 g/mol. The number of carbonyl (C=O) groups is 1. The minimum atomic E-state index is -0.971. The lowest BCUT2D eigenvalue weighted by molar-refractivity contribution is 0.0697. The van der Waals surface area contributed by atoms with Crippen molar-refractivity contribution in [3.8, 4) is 18.1 Å². The second-order valence-corrected chi connectivity index (χ2v) is 7.67. The van der Waals surface area contributed by atoms with Gasteiger partial charge in [0.1, 0.15) is 5.75 Å². The summed E-state index contributed by atoms with van der Waals surface area (Å²) in [5.41, 5.74) is 2.62. The summed E-state index contributed by atoms with van der Waals surface area (Å²) >= 11 is 0. The van der Waals surface area contributed by atoms with Gasteiger partial charge in [-0.3, -0.25) is 4.98 Å². The monoisotopic (exact) mass is 376 g/mol. The van der Waals surface area contributed by atoms with Gasteiger partial charge in [-0.25, -0.2) is 4.79 Å². The summed E-state index contributed by atoms with van der Waals surface area (Å²) in [5.74, 6) is 5.13. The molecule has 0 spiro atoms. The fourth-order valence-electron chi connectivity index (χ4n) is 3.90. The van der Waals surface area contributed by atoms with Crippen molar-refractivity contribution in [2.75, 3.05) is 18.5 Å². The van der Waals surface area contributed by atoms with E-state index in [1.54, 1.807) is 19.3 Å². The van der Waals surface area contributed by atoms with Crippen LogP contribution in [0, 0.1) is 24.2 Å². The van der Waals surface area contributed by atoms with E-state index in [1.807, 2.05) is 18.2 Å². The summed E-state index contributed by atoms with van der Waals surface area (Å²) in [6.07, 6.45) is 14.0. The second kappa shape index (κ2) is 7.93. The summed E-state index contributed by atoms with van der Waals surface area (Å²) in [4.78, 5) is 15.2. The minimum absolute atomic E-state index is 0.218. The van der Waals surface area contributed by atoms with Crippen molar-refractivity contribution < 1.29 is 14.6 Å². The van der Waals surface area contributed by atoms with Gasteiger partial charge in [0.05, 0.1) is 24.1 Å². The van der Waals surface area contributed by atoms with Gasteiger partial charge in [-0.2, -0.15) is 0 Å². The van der Waals surface area contributed by atoms with Crippen LogP contribution in [0.15, 0.2) is 36.7 Å². The predicted octanol–water partition coefficient (Wildman–Crippen LogP) is 4.16. The van der Waals surface area contributed by atoms with Gasteiger partial charge in [0.15, 0.2) is 0 Å². The zero-order valence-electron chi connectivity index (χ0n) is 15.7. The molecule has 2 fully saturated rings. The van der Waals surface area contributed by atoms with Gasteiger partial charge in [-0.05, 0) is 61.3 Å². The fourth-order valence-corrected chi connectivity index (χ4v) is 3.90. The molecule has 3 aliphatic rings. The van der Waals surface area contributed by atoms with Gasteiger partial charge in [0.2, 0.25) is 0 Å². The Bertz CT molecular complexity index is 906. The molecule has 5 rings (SSSR count). The van der Waals surface area contributed by atoms with Crippen LogP contribution in [0.3, 0.4) is 0 Å². The van der Waals surface area contributed by atoms with Crippen LogP contribution in [0.25, 0.3) is 0 Å². The summed E-state index contributed by atoms with van der Waals surface area (Å²) in [7, 11) is 0. The van der Waals surface area contributed by atoms with Gasteiger partial charge >= 0.3 is 5.97 Å². The molecule has 28 heavy (non-hydrogen) atoms. The molecule has 1 aromatic heterocycles. The van der Waals surface area contributed by atoms with Crippen LogP contribution < -0.4 is 10.1 Å². The Kier molecular flexibility index (Phi) is 5.21. The van der Waals surface area contributed by atoms with Crippen molar-refractivity contribution in [2.45, 2.75) is 31.6 Å². The Balaban J connectivity index is 0.000000326. The van der Waals surface area contributed by atoms with Gasteiger partial charge in [-0.15, -0.1) is 6.42 Å². The lowest BCUT2D eigenvalue weighted by atomic mass is 9.92. The minimum Gasteiger partial charge on any atom is -0.493 e. The van der Waals surface area contributed by atoms with Crippen LogP contribution in [0.4, 0.5) is 5.69 Å². The number of nitrogens with zero attached hydrogens (tertiary/aromatic N) is 1. The van der Waals surface area contributed by atoms with Crippen LogP contribution in [-0.4, -0.2) is 29.2 Å². The molecule has 2 N–H and O–H groups in total. The Morgan fingerprint density at radius 1 is 1.29 bits per heavy atom. The van der Waals surface area contributed by atoms with Gasteiger partial charge < -0.3 is 15.2 Å². The van der Waals surface area contributed by atoms with Crippen LogP contribution in [0.5, 0.6) is 5.75 Å². The molecule has 2 unspecified atom stereocenters. The lowest BCUT2D eigenvalue weighted by Gasteiger charge is -2.26. The number of aromatic nitrogens is 1. The molecule has 1 aliphatic heterocycles. The standard InChI is InChI=1S/C18H16N2O3.C5H8/c1-2-12-3-4-14-13(6-8-23-17(14)9-12)10-20-16-11-19-7-5-15(16)18(21)22;1-2-5-3-4(1)5/h1,3-5,7,9,11,13,20H,6,8,10H2,(H,21,22);4-5H,1-3H2/t13-;/m1./s1. The maximum absolute atomic E-state index is 11.2. The number of carboxylic acid groups (broad SMARTS) is 1. The Morgan fingerprint density at radius 3 is 2.75 bits per heavy atom. The number of fused-ring (bicyclic) bond motifs is 2. The molecule has 1 aromatic carbocycles. The highest BCUT2D eigenvalue weighted by Gasteiger charge is 2.44. The first-order valence-electron chi connectivity index (χ1n) is 9.80. The maximum Gasteiger partial charge on any atom is 0.337 e. The Morgan fingerprint density at radius 2 is 2.11 bits per heavy atom. The maximum atomic E-state index is 11.2. The van der Waals surface area contributed by atoms with E-state index in [2.05, 4.69) is 16.2 Å². The van der Waals surface area contributed by atoms with E-state index in [0.717, 1.165) is 23.3 Å². The van der Waals surface area contributed by atoms with Crippen molar-refractivity contribution in [1.82, 2.24) is 4.98 Å². The van der Waals surface area contributed by atoms with Crippen molar-refractivity contribution >= 4 is 11.7 Å². The molecule has 0 amide bonds. The van der Waals surface area contributed by atoms with Gasteiger partial charge in [0, 0.05) is 24.2 Å². The normalized spacial score (nSPS) is 23.3. The molecule has 2 aromatic rings. The van der Waals surface area contributed by atoms with E-state index in [-0.39, 0.29) is 11.5 Å². The zero-order valence-corrected chi connectivity index (χ0v) is 15.7. The van der Waals surface area contributed by atoms with E-state index >= 15 is 0 Å². The van der Waals surface area contributed by atoms with E-state index in [0.29, 0.717) is 18.8 Å². The van der Waals surface area contributed by atoms with Crippen LogP contribution in [0.1, 0.15) is 53.1 Å². The molecule has 2 aliphatic carbocycles. The highest BCUT2D eigenvalue weighted by Crippen LogP contribution is 2.55. The van der Waals surface area contributed by atoms with E-state index in [4.69, 9.17) is 11.2 Å². The number of pyridine rings is 1. The number of benzene rings is 1. The summed E-state index contributed by atoms with van der Waals surface area (Å²) in [6, 6.07) is 7.24. The molecule has 5 nitrogen and oxygen atoms in total. The number of terminal acetylenes is 1. The van der Waals surface area contributed by atoms with Crippen LogP contribution in [-0.2, 0) is 0 Å². The summed E-state index contributed by atoms with van der Waals surface area (Å²) in [5, 5.41) is 12.4. The molecule has 2 heterocycles. The molecule has 5 heteroatoms. The second-order valence-electron chi connectivity index (χ2n) is 7.67. The highest BCUT2D eigenvalue weighted by atomic mass is 16.5. The smallest absolute Gasteiger partial charge is 0.337 e. The first kappa shape index (κ1) is 18.4. The number of nitrogens with one attached hydrogen (secondary N) is 1. The number of hydrogen-bond acceptors (Lipinski definition) is 4. The lowest BCUT2D eigenvalue weighted by Crippen LogP contribution is -2.21. The molecule has 2 saturated carbocycles. The summed E-state index contributed by atoms with van der Waals surface area (Å²) < 4.78 is 5.68. The molecular formula is C23H24N2O3. The molecular weight excluding hydrogens is 352 g/mol. The van der Waals surface area contributed by atoms with Crippen molar-refractivity contribution in [1.29, 1.82) is 0 Å². The molecule has 0 radical (unpaired) electrons. The number of ether oxygens (including phenoxy) is 1. The predicted molar refractivity (Wildman–Crippen MR) is 108 cm³/mol. The SMILES string of the molecule is C#Cc1ccc2c(c1)OCC[C@@H]2CNc1cnccc1C(=O)O.C1CC2CC12. The first-order valence-corrected chi connectivity index (χ1v) is 9.80. The topological polar surface area (TPSA) is 71.5 Å². The Hall–Kier alpha value is -3.00. The number of anilines is 1. The number of carboxylic acids is 1. The third kappa shape index (κ3) is 3.96. The van der Waals surface area contributed by atoms with Crippen LogP contribution >= 0.6 is 0 Å². The molecule has 3 atom stereocenters. The quantitative estimate of drug-likeness (QED) is 0.784. The van der Waals surface area contributed by atoms with E-state index in [1.165, 1.54) is 30.3 Å². The first-order chi connectivity index (χ1) is 13.7. The average Bonchev–Trinajstić information content (AvgIpc) is 3.31.